The Bertz CT molecular complexity index is 730. The Kier molecular flexibility index (Phi) is 3.54. The number of fused-ring (bicyclic) bond motifs is 1. The molecule has 0 aliphatic carbocycles. The molecule has 5 heteroatoms. The Balaban J connectivity index is 1.87. The van der Waals surface area contributed by atoms with Crippen molar-refractivity contribution in [1.82, 2.24) is 14.5 Å². The fourth-order valence-corrected chi connectivity index (χ4v) is 3.18. The summed E-state index contributed by atoms with van der Waals surface area (Å²) < 4.78 is 3.26. The summed E-state index contributed by atoms with van der Waals surface area (Å²) in [5.41, 5.74) is 2.29. The lowest BCUT2D eigenvalue weighted by Crippen LogP contribution is -2.11. The summed E-state index contributed by atoms with van der Waals surface area (Å²) in [7, 11) is 0. The minimum Gasteiger partial charge on any atom is -0.393 e. The largest absolute Gasteiger partial charge is 0.393 e. The highest BCUT2D eigenvalue weighted by atomic mass is 32.1. The molecule has 0 saturated heterocycles. The summed E-state index contributed by atoms with van der Waals surface area (Å²) in [6, 6.07) is 6.34. The molecule has 4 nitrogen and oxygen atoms in total. The van der Waals surface area contributed by atoms with E-state index in [1.807, 2.05) is 6.20 Å². The van der Waals surface area contributed by atoms with Crippen LogP contribution < -0.4 is 0 Å². The van der Waals surface area contributed by atoms with Crippen molar-refractivity contribution in [1.29, 1.82) is 0 Å². The minimum atomic E-state index is -0.380. The molecule has 104 valence electrons. The van der Waals surface area contributed by atoms with Crippen LogP contribution in [-0.4, -0.2) is 25.7 Å². The van der Waals surface area contributed by atoms with Crippen molar-refractivity contribution in [3.8, 4) is 0 Å². The van der Waals surface area contributed by atoms with Crippen LogP contribution in [0.1, 0.15) is 23.3 Å². The second-order valence-electron chi connectivity index (χ2n) is 5.10. The van der Waals surface area contributed by atoms with Crippen LogP contribution in [0.5, 0.6) is 0 Å². The molecule has 0 saturated carbocycles. The van der Waals surface area contributed by atoms with E-state index < -0.39 is 0 Å². The van der Waals surface area contributed by atoms with Gasteiger partial charge in [-0.1, -0.05) is 6.07 Å². The van der Waals surface area contributed by atoms with Gasteiger partial charge in [-0.2, -0.15) is 0 Å². The molecule has 3 rings (SSSR count). The lowest BCUT2D eigenvalue weighted by Gasteiger charge is -2.07. The van der Waals surface area contributed by atoms with Gasteiger partial charge < -0.3 is 9.67 Å². The van der Waals surface area contributed by atoms with Crippen LogP contribution in [0.15, 0.2) is 30.6 Å². The summed E-state index contributed by atoms with van der Waals surface area (Å²) in [6.07, 6.45) is 3.90. The Morgan fingerprint density at radius 3 is 3.05 bits per heavy atom. The fraction of sp³-hybridized carbons (Fsp3) is 0.333. The lowest BCUT2D eigenvalue weighted by molar-refractivity contribution is 0.191. The van der Waals surface area contributed by atoms with Gasteiger partial charge in [-0.3, -0.25) is 0 Å². The maximum absolute atomic E-state index is 9.49. The van der Waals surface area contributed by atoms with Crippen LogP contribution in [0.2, 0.25) is 0 Å². The molecule has 0 aliphatic heterocycles. The van der Waals surface area contributed by atoms with Gasteiger partial charge in [0.05, 0.1) is 22.9 Å². The average molecular weight is 287 g/mol. The third-order valence-corrected chi connectivity index (χ3v) is 4.19. The summed E-state index contributed by atoms with van der Waals surface area (Å²) in [5.74, 6) is 0.899. The first-order valence-electron chi connectivity index (χ1n) is 6.66. The molecule has 0 amide bonds. The van der Waals surface area contributed by atoms with Crippen LogP contribution in [0.4, 0.5) is 0 Å². The zero-order valence-electron chi connectivity index (χ0n) is 11.6. The third kappa shape index (κ3) is 2.73. The van der Waals surface area contributed by atoms with E-state index in [1.165, 1.54) is 10.3 Å². The first-order chi connectivity index (χ1) is 9.61. The number of aliphatic hydroxyl groups excluding tert-OH is 1. The van der Waals surface area contributed by atoms with Crippen LogP contribution in [0.3, 0.4) is 0 Å². The maximum atomic E-state index is 9.49. The molecule has 1 unspecified atom stereocenters. The third-order valence-electron chi connectivity index (χ3n) is 3.17. The predicted octanol–water partition coefficient (Wildman–Crippen LogP) is 2.77. The van der Waals surface area contributed by atoms with Gasteiger partial charge in [-0.25, -0.2) is 9.97 Å². The Hall–Kier alpha value is -1.72. The smallest absolute Gasteiger partial charge is 0.114 e. The summed E-state index contributed by atoms with van der Waals surface area (Å²) in [5, 5.41) is 10.6. The maximum Gasteiger partial charge on any atom is 0.114 e. The van der Waals surface area contributed by atoms with Gasteiger partial charge in [-0.15, -0.1) is 11.3 Å². The predicted molar refractivity (Wildman–Crippen MR) is 81.1 cm³/mol. The Morgan fingerprint density at radius 1 is 1.40 bits per heavy atom. The summed E-state index contributed by atoms with van der Waals surface area (Å²) in [4.78, 5) is 8.98. The van der Waals surface area contributed by atoms with E-state index in [4.69, 9.17) is 0 Å². The van der Waals surface area contributed by atoms with Gasteiger partial charge >= 0.3 is 0 Å². The Labute approximate surface area is 121 Å². The van der Waals surface area contributed by atoms with E-state index in [0.717, 1.165) is 16.3 Å². The molecule has 1 aromatic carbocycles. The van der Waals surface area contributed by atoms with Gasteiger partial charge in [0.1, 0.15) is 10.8 Å². The second-order valence-corrected chi connectivity index (χ2v) is 6.22. The minimum absolute atomic E-state index is 0.380. The molecule has 1 N–H and O–H groups in total. The summed E-state index contributed by atoms with van der Waals surface area (Å²) >= 11 is 1.71. The molecule has 0 bridgehead atoms. The SMILES string of the molecule is Cc1ccc2sc(Cn3ccnc3CC(C)O)nc2c1. The molecule has 0 aliphatic rings. The van der Waals surface area contributed by atoms with Crippen molar-refractivity contribution in [3.05, 3.63) is 47.0 Å². The van der Waals surface area contributed by atoms with E-state index in [0.29, 0.717) is 13.0 Å². The number of benzene rings is 1. The molecular weight excluding hydrogens is 270 g/mol. The van der Waals surface area contributed by atoms with Crippen molar-refractivity contribution < 1.29 is 5.11 Å². The van der Waals surface area contributed by atoms with Gasteiger partial charge in [0.2, 0.25) is 0 Å². The van der Waals surface area contributed by atoms with Crippen LogP contribution >= 0.6 is 11.3 Å². The van der Waals surface area contributed by atoms with Crippen molar-refractivity contribution in [3.63, 3.8) is 0 Å². The quantitative estimate of drug-likeness (QED) is 0.802. The highest BCUT2D eigenvalue weighted by molar-refractivity contribution is 7.18. The van der Waals surface area contributed by atoms with Crippen LogP contribution in [0, 0.1) is 6.92 Å². The van der Waals surface area contributed by atoms with Crippen molar-refractivity contribution >= 4 is 21.6 Å². The molecule has 3 aromatic rings. The number of nitrogens with zero attached hydrogens (tertiary/aromatic N) is 3. The number of aromatic nitrogens is 3. The molecule has 2 aromatic heterocycles. The normalized spacial score (nSPS) is 12.9. The van der Waals surface area contributed by atoms with E-state index in [-0.39, 0.29) is 6.10 Å². The molecular formula is C15H17N3OS. The van der Waals surface area contributed by atoms with Crippen molar-refractivity contribution in [2.75, 3.05) is 0 Å². The van der Waals surface area contributed by atoms with E-state index >= 15 is 0 Å². The van der Waals surface area contributed by atoms with Gasteiger partial charge in [-0.05, 0) is 31.5 Å². The summed E-state index contributed by atoms with van der Waals surface area (Å²) in [6.45, 7) is 4.56. The first kappa shape index (κ1) is 13.3. The zero-order valence-corrected chi connectivity index (χ0v) is 12.4. The van der Waals surface area contributed by atoms with Crippen LogP contribution in [-0.2, 0) is 13.0 Å². The highest BCUT2D eigenvalue weighted by Crippen LogP contribution is 2.23. The van der Waals surface area contributed by atoms with Gasteiger partial charge in [0, 0.05) is 18.8 Å². The number of rotatable bonds is 4. The topological polar surface area (TPSA) is 50.9 Å². The molecule has 0 fully saturated rings. The number of imidazole rings is 1. The fourth-order valence-electron chi connectivity index (χ4n) is 2.24. The standard InChI is InChI=1S/C15H17N3OS/c1-10-3-4-13-12(7-10)17-15(20-13)9-18-6-5-16-14(18)8-11(2)19/h3-7,11,19H,8-9H2,1-2H3. The highest BCUT2D eigenvalue weighted by Gasteiger charge is 2.09. The molecule has 1 atom stereocenters. The monoisotopic (exact) mass is 287 g/mol. The number of aryl methyl sites for hydroxylation is 1. The molecule has 20 heavy (non-hydrogen) atoms. The Morgan fingerprint density at radius 2 is 2.25 bits per heavy atom. The molecule has 0 radical (unpaired) electrons. The number of aliphatic hydroxyl groups is 1. The molecule has 0 spiro atoms. The van der Waals surface area contributed by atoms with E-state index in [1.54, 1.807) is 24.5 Å². The lowest BCUT2D eigenvalue weighted by atomic mass is 10.2. The first-order valence-corrected chi connectivity index (χ1v) is 7.47. The molecule has 2 heterocycles. The average Bonchev–Trinajstić information content (AvgIpc) is 2.95. The van der Waals surface area contributed by atoms with E-state index in [9.17, 15) is 5.11 Å². The second kappa shape index (κ2) is 5.34. The van der Waals surface area contributed by atoms with E-state index in [2.05, 4.69) is 39.7 Å². The number of thiazole rings is 1. The number of hydrogen-bond donors (Lipinski definition) is 1. The number of hydrogen-bond acceptors (Lipinski definition) is 4. The van der Waals surface area contributed by atoms with Crippen molar-refractivity contribution in [2.24, 2.45) is 0 Å². The van der Waals surface area contributed by atoms with Crippen LogP contribution in [0.25, 0.3) is 10.2 Å². The zero-order chi connectivity index (χ0) is 14.1. The van der Waals surface area contributed by atoms with Gasteiger partial charge in [0.15, 0.2) is 0 Å². The van der Waals surface area contributed by atoms with Gasteiger partial charge in [0.25, 0.3) is 0 Å². The van der Waals surface area contributed by atoms with Crippen molar-refractivity contribution in [2.45, 2.75) is 32.9 Å².